The van der Waals surface area contributed by atoms with Crippen LogP contribution in [0.3, 0.4) is 0 Å². The second-order valence-corrected chi connectivity index (χ2v) is 14.8. The van der Waals surface area contributed by atoms with Crippen molar-refractivity contribution in [3.05, 3.63) is 253 Å². The molecule has 1 aromatic heterocycles. The SMILES string of the molecule is C=CC1=C(/C=C\C)c2ccccc2C1(c1ccccc1)c1ccc(N(c2ccc(-c3ccc(-c4ccccc4)cc3)cc2)c2cccc3c2oc2ccccc23)cc1. The largest absolute Gasteiger partial charge is 0.454 e. The molecule has 8 aromatic carbocycles. The standard InChI is InChI=1S/C56H41NO/c1-3-16-47-48-21-11-13-24-52(48)56(51(47)4-2,43-19-9-6-10-20-43)44-33-37-46(38-34-44)57(53-25-15-23-50-49-22-12-14-26-54(49)58-55(50)53)45-35-31-42(32-36-45)41-29-27-40(28-30-41)39-17-7-5-8-18-39/h3-38H,2H2,1H3/b16-3-. The summed E-state index contributed by atoms with van der Waals surface area (Å²) in [7, 11) is 0. The van der Waals surface area contributed by atoms with Crippen molar-refractivity contribution in [2.24, 2.45) is 0 Å². The van der Waals surface area contributed by atoms with E-state index in [4.69, 9.17) is 4.42 Å². The summed E-state index contributed by atoms with van der Waals surface area (Å²) in [6.45, 7) is 6.50. The van der Waals surface area contributed by atoms with Crippen molar-refractivity contribution in [1.82, 2.24) is 0 Å². The number of nitrogens with zero attached hydrogens (tertiary/aromatic N) is 1. The van der Waals surface area contributed by atoms with E-state index in [1.807, 2.05) is 12.1 Å². The topological polar surface area (TPSA) is 16.4 Å². The first kappa shape index (κ1) is 35.0. The maximum Gasteiger partial charge on any atom is 0.159 e. The van der Waals surface area contributed by atoms with Gasteiger partial charge >= 0.3 is 0 Å². The van der Waals surface area contributed by atoms with Crippen LogP contribution in [0.25, 0.3) is 49.8 Å². The number of rotatable bonds is 9. The Morgan fingerprint density at radius 3 is 1.71 bits per heavy atom. The summed E-state index contributed by atoms with van der Waals surface area (Å²) < 4.78 is 6.66. The Morgan fingerprint density at radius 1 is 0.500 bits per heavy atom. The summed E-state index contributed by atoms with van der Waals surface area (Å²) >= 11 is 0. The molecule has 1 aliphatic carbocycles. The van der Waals surface area contributed by atoms with Crippen molar-refractivity contribution in [2.45, 2.75) is 12.3 Å². The van der Waals surface area contributed by atoms with Gasteiger partial charge in [-0.25, -0.2) is 0 Å². The normalized spacial score (nSPS) is 15.0. The van der Waals surface area contributed by atoms with E-state index < -0.39 is 5.41 Å². The van der Waals surface area contributed by atoms with Gasteiger partial charge < -0.3 is 9.32 Å². The van der Waals surface area contributed by atoms with Crippen molar-refractivity contribution in [1.29, 1.82) is 0 Å². The molecule has 0 spiro atoms. The highest BCUT2D eigenvalue weighted by molar-refractivity contribution is 6.10. The van der Waals surface area contributed by atoms with Gasteiger partial charge in [-0.2, -0.15) is 0 Å². The van der Waals surface area contributed by atoms with Crippen LogP contribution >= 0.6 is 0 Å². The average Bonchev–Trinajstić information content (AvgIpc) is 3.82. The first-order valence-electron chi connectivity index (χ1n) is 19.9. The van der Waals surface area contributed by atoms with Crippen molar-refractivity contribution in [3.63, 3.8) is 0 Å². The number of allylic oxidation sites excluding steroid dienone is 5. The Kier molecular flexibility index (Phi) is 8.81. The minimum absolute atomic E-state index is 0.547. The first-order chi connectivity index (χ1) is 28.7. The summed E-state index contributed by atoms with van der Waals surface area (Å²) in [6, 6.07) is 71.7. The summed E-state index contributed by atoms with van der Waals surface area (Å²) in [6.07, 6.45) is 6.41. The molecule has 9 aromatic rings. The zero-order valence-corrected chi connectivity index (χ0v) is 32.3. The van der Waals surface area contributed by atoms with Crippen LogP contribution in [0.2, 0.25) is 0 Å². The molecule has 276 valence electrons. The van der Waals surface area contributed by atoms with Crippen molar-refractivity contribution in [2.75, 3.05) is 4.90 Å². The number of furan rings is 1. The summed E-state index contributed by atoms with van der Waals surface area (Å²) in [5.74, 6) is 0. The third-order valence-corrected chi connectivity index (χ3v) is 11.7. The Bertz CT molecular complexity index is 2990. The number of hydrogen-bond donors (Lipinski definition) is 0. The fraction of sp³-hybridized carbons (Fsp3) is 0.0357. The average molecular weight is 744 g/mol. The van der Waals surface area contributed by atoms with E-state index in [1.54, 1.807) is 0 Å². The molecule has 0 aliphatic heterocycles. The van der Waals surface area contributed by atoms with Crippen molar-refractivity contribution in [3.8, 4) is 22.3 Å². The quantitative estimate of drug-likeness (QED) is 0.146. The number of fused-ring (bicyclic) bond motifs is 4. The number of para-hydroxylation sites is 2. The minimum Gasteiger partial charge on any atom is -0.454 e. The van der Waals surface area contributed by atoms with Crippen LogP contribution in [0.1, 0.15) is 29.2 Å². The third-order valence-electron chi connectivity index (χ3n) is 11.7. The molecule has 10 rings (SSSR count). The van der Waals surface area contributed by atoms with E-state index in [0.717, 1.165) is 44.6 Å². The molecule has 0 fully saturated rings. The van der Waals surface area contributed by atoms with Crippen LogP contribution in [0.15, 0.2) is 235 Å². The van der Waals surface area contributed by atoms with Gasteiger partial charge in [0.1, 0.15) is 5.58 Å². The molecular formula is C56H41NO. The third kappa shape index (κ3) is 5.64. The highest BCUT2D eigenvalue weighted by Gasteiger charge is 2.46. The molecule has 1 heterocycles. The maximum absolute atomic E-state index is 6.66. The molecule has 2 heteroatoms. The predicted molar refractivity (Wildman–Crippen MR) is 244 cm³/mol. The van der Waals surface area contributed by atoms with Gasteiger partial charge in [-0.15, -0.1) is 0 Å². The van der Waals surface area contributed by atoms with Gasteiger partial charge in [0.25, 0.3) is 0 Å². The molecule has 0 N–H and O–H groups in total. The van der Waals surface area contributed by atoms with Crippen LogP contribution in [-0.4, -0.2) is 0 Å². The maximum atomic E-state index is 6.66. The number of hydrogen-bond acceptors (Lipinski definition) is 2. The molecule has 0 bridgehead atoms. The van der Waals surface area contributed by atoms with Gasteiger partial charge in [0.05, 0.1) is 11.1 Å². The molecule has 1 aliphatic rings. The van der Waals surface area contributed by atoms with Gasteiger partial charge in [0.2, 0.25) is 0 Å². The van der Waals surface area contributed by atoms with Crippen LogP contribution in [0, 0.1) is 0 Å². The van der Waals surface area contributed by atoms with Crippen LogP contribution in [-0.2, 0) is 5.41 Å². The van der Waals surface area contributed by atoms with Crippen molar-refractivity contribution < 1.29 is 4.42 Å². The van der Waals surface area contributed by atoms with Gasteiger partial charge in [0, 0.05) is 22.1 Å². The van der Waals surface area contributed by atoms with Gasteiger partial charge in [-0.3, -0.25) is 0 Å². The lowest BCUT2D eigenvalue weighted by Gasteiger charge is -2.35. The Labute approximate surface area is 340 Å². The van der Waals surface area contributed by atoms with E-state index in [-0.39, 0.29) is 0 Å². The molecule has 58 heavy (non-hydrogen) atoms. The molecule has 2 nitrogen and oxygen atoms in total. The Hall–Kier alpha value is -7.42. The van der Waals surface area contributed by atoms with Gasteiger partial charge in [0.15, 0.2) is 5.58 Å². The van der Waals surface area contributed by atoms with E-state index in [9.17, 15) is 0 Å². The van der Waals surface area contributed by atoms with Gasteiger partial charge in [-0.1, -0.05) is 189 Å². The molecule has 0 amide bonds. The lowest BCUT2D eigenvalue weighted by Crippen LogP contribution is -2.29. The molecule has 1 atom stereocenters. The van der Waals surface area contributed by atoms with E-state index >= 15 is 0 Å². The highest BCUT2D eigenvalue weighted by atomic mass is 16.3. The summed E-state index contributed by atoms with van der Waals surface area (Å²) in [5.41, 5.74) is 16.3. The second kappa shape index (κ2) is 14.6. The van der Waals surface area contributed by atoms with Crippen molar-refractivity contribution >= 4 is 44.6 Å². The van der Waals surface area contributed by atoms with E-state index in [1.165, 1.54) is 50.1 Å². The fourth-order valence-electron chi connectivity index (χ4n) is 9.11. The molecule has 1 unspecified atom stereocenters. The Morgan fingerprint density at radius 2 is 1.03 bits per heavy atom. The van der Waals surface area contributed by atoms with E-state index in [2.05, 4.69) is 225 Å². The minimum atomic E-state index is -0.547. The monoisotopic (exact) mass is 743 g/mol. The number of anilines is 3. The lowest BCUT2D eigenvalue weighted by molar-refractivity contribution is 0.669. The molecule has 0 radical (unpaired) electrons. The Balaban J connectivity index is 1.12. The van der Waals surface area contributed by atoms with Gasteiger partial charge in [-0.05, 0) is 99.0 Å². The fourth-order valence-corrected chi connectivity index (χ4v) is 9.11. The smallest absolute Gasteiger partial charge is 0.159 e. The van der Waals surface area contributed by atoms with E-state index in [0.29, 0.717) is 0 Å². The molecule has 0 saturated carbocycles. The second-order valence-electron chi connectivity index (χ2n) is 14.8. The summed E-state index contributed by atoms with van der Waals surface area (Å²) in [4.78, 5) is 2.32. The summed E-state index contributed by atoms with van der Waals surface area (Å²) in [5, 5.41) is 2.20. The zero-order valence-electron chi connectivity index (χ0n) is 32.3. The molecule has 0 saturated heterocycles. The first-order valence-corrected chi connectivity index (χ1v) is 19.9. The number of benzene rings is 8. The van der Waals surface area contributed by atoms with Crippen LogP contribution in [0.5, 0.6) is 0 Å². The molecular weight excluding hydrogens is 703 g/mol. The zero-order chi connectivity index (χ0) is 39.1. The van der Waals surface area contributed by atoms with Crippen LogP contribution in [0.4, 0.5) is 17.1 Å². The predicted octanol–water partition coefficient (Wildman–Crippen LogP) is 15.3. The lowest BCUT2D eigenvalue weighted by atomic mass is 9.67. The highest BCUT2D eigenvalue weighted by Crippen LogP contribution is 2.55. The van der Waals surface area contributed by atoms with Crippen LogP contribution < -0.4 is 4.90 Å².